The smallest absolute Gasteiger partial charge is 0.0823 e. The molecule has 0 radical (unpaired) electrons. The number of rotatable bonds is 6. The van der Waals surface area contributed by atoms with Gasteiger partial charge in [-0.1, -0.05) is 68.8 Å². The van der Waals surface area contributed by atoms with Crippen LogP contribution in [0.4, 0.5) is 0 Å². The van der Waals surface area contributed by atoms with Gasteiger partial charge in [0.15, 0.2) is 0 Å². The van der Waals surface area contributed by atoms with E-state index < -0.39 is 0 Å². The minimum atomic E-state index is -0.233. The van der Waals surface area contributed by atoms with Crippen molar-refractivity contribution >= 4 is 16.9 Å². The van der Waals surface area contributed by atoms with E-state index in [1.54, 1.807) is 0 Å². The van der Waals surface area contributed by atoms with E-state index in [9.17, 15) is 5.26 Å². The van der Waals surface area contributed by atoms with Crippen LogP contribution in [0, 0.1) is 17.2 Å². The molecule has 0 bridgehead atoms. The number of thiophene rings is 1. The highest BCUT2D eigenvalue weighted by molar-refractivity contribution is 7.13. The van der Waals surface area contributed by atoms with Crippen LogP contribution in [0.2, 0.25) is 0 Å². The molecular formula is C30H33NS. The van der Waals surface area contributed by atoms with Gasteiger partial charge in [-0.15, -0.1) is 17.9 Å². The highest BCUT2D eigenvalue weighted by Gasteiger charge is 2.45. The molecule has 2 atom stereocenters. The first-order chi connectivity index (χ1) is 15.2. The molecule has 2 aliphatic rings. The SMILES string of the molecule is C=C[C@H](c1ccc(C2(C#N)CC2)cc1)C(C)(C)c1ccc(C2=CC(=C(C)C)C(C)C=C2)s1. The second kappa shape index (κ2) is 8.38. The molecule has 2 aromatic rings. The van der Waals surface area contributed by atoms with Crippen LogP contribution >= 0.6 is 11.3 Å². The van der Waals surface area contributed by atoms with Gasteiger partial charge in [0, 0.05) is 21.1 Å². The zero-order chi connectivity index (χ0) is 23.1. The van der Waals surface area contributed by atoms with Crippen molar-refractivity contribution in [2.45, 2.75) is 64.2 Å². The van der Waals surface area contributed by atoms with Crippen molar-refractivity contribution in [3.63, 3.8) is 0 Å². The first-order valence-electron chi connectivity index (χ1n) is 11.5. The Labute approximate surface area is 197 Å². The van der Waals surface area contributed by atoms with Crippen LogP contribution in [-0.2, 0) is 10.8 Å². The average molecular weight is 440 g/mol. The Morgan fingerprint density at radius 2 is 1.88 bits per heavy atom. The quantitative estimate of drug-likeness (QED) is 0.414. The van der Waals surface area contributed by atoms with Crippen LogP contribution in [0.15, 0.2) is 78.4 Å². The lowest BCUT2D eigenvalue weighted by Gasteiger charge is -2.32. The van der Waals surface area contributed by atoms with Crippen molar-refractivity contribution in [3.05, 3.63) is 99.3 Å². The van der Waals surface area contributed by atoms with Crippen molar-refractivity contribution in [1.29, 1.82) is 5.26 Å². The molecular weight excluding hydrogens is 406 g/mol. The van der Waals surface area contributed by atoms with Crippen molar-refractivity contribution in [2.75, 3.05) is 0 Å². The molecule has 1 nitrogen and oxygen atoms in total. The summed E-state index contributed by atoms with van der Waals surface area (Å²) in [6, 6.07) is 15.8. The van der Waals surface area contributed by atoms with Gasteiger partial charge in [-0.3, -0.25) is 0 Å². The van der Waals surface area contributed by atoms with Crippen LogP contribution < -0.4 is 0 Å². The van der Waals surface area contributed by atoms with E-state index in [1.165, 1.54) is 32.0 Å². The molecule has 2 heteroatoms. The summed E-state index contributed by atoms with van der Waals surface area (Å²) in [6.07, 6.45) is 11.0. The van der Waals surface area contributed by atoms with E-state index in [0.717, 1.165) is 18.4 Å². The summed E-state index contributed by atoms with van der Waals surface area (Å²) in [5.74, 6) is 0.674. The van der Waals surface area contributed by atoms with Gasteiger partial charge >= 0.3 is 0 Å². The van der Waals surface area contributed by atoms with Crippen molar-refractivity contribution < 1.29 is 0 Å². The lowest BCUT2D eigenvalue weighted by atomic mass is 9.73. The second-order valence-corrected chi connectivity index (χ2v) is 11.2. The number of hydrogen-bond acceptors (Lipinski definition) is 2. The van der Waals surface area contributed by atoms with Gasteiger partial charge in [0.05, 0.1) is 11.5 Å². The molecule has 1 unspecified atom stereocenters. The molecule has 32 heavy (non-hydrogen) atoms. The maximum Gasteiger partial charge on any atom is 0.0823 e. The molecule has 0 saturated heterocycles. The molecule has 1 heterocycles. The third-order valence-electron chi connectivity index (χ3n) is 7.27. The molecule has 1 aromatic heterocycles. The van der Waals surface area contributed by atoms with E-state index in [4.69, 9.17) is 0 Å². The summed E-state index contributed by atoms with van der Waals surface area (Å²) in [6.45, 7) is 15.5. The fourth-order valence-corrected chi connectivity index (χ4v) is 6.04. The molecule has 4 rings (SSSR count). The van der Waals surface area contributed by atoms with Crippen molar-refractivity contribution in [1.82, 2.24) is 0 Å². The summed E-state index contributed by atoms with van der Waals surface area (Å²) < 4.78 is 0. The number of allylic oxidation sites excluding steroid dienone is 7. The molecule has 1 fully saturated rings. The lowest BCUT2D eigenvalue weighted by Crippen LogP contribution is -2.24. The maximum atomic E-state index is 9.51. The van der Waals surface area contributed by atoms with E-state index in [2.05, 4.69) is 108 Å². The van der Waals surface area contributed by atoms with Gasteiger partial charge in [0.1, 0.15) is 0 Å². The molecule has 164 valence electrons. The zero-order valence-corrected chi connectivity index (χ0v) is 20.7. The third-order valence-corrected chi connectivity index (χ3v) is 8.74. The van der Waals surface area contributed by atoms with Crippen molar-refractivity contribution in [2.24, 2.45) is 5.92 Å². The van der Waals surface area contributed by atoms with Gasteiger partial charge in [-0.25, -0.2) is 0 Å². The molecule has 2 aliphatic carbocycles. The number of nitrogens with zero attached hydrogens (tertiary/aromatic N) is 1. The topological polar surface area (TPSA) is 23.8 Å². The van der Waals surface area contributed by atoms with Gasteiger partial charge in [-0.2, -0.15) is 5.26 Å². The Morgan fingerprint density at radius 3 is 2.44 bits per heavy atom. The molecule has 0 N–H and O–H groups in total. The molecule has 0 aliphatic heterocycles. The lowest BCUT2D eigenvalue weighted by molar-refractivity contribution is 0.479. The first kappa shape index (κ1) is 22.6. The Balaban J connectivity index is 1.62. The van der Waals surface area contributed by atoms with Gasteiger partial charge < -0.3 is 0 Å². The Morgan fingerprint density at radius 1 is 1.19 bits per heavy atom. The Bertz CT molecular complexity index is 1150. The van der Waals surface area contributed by atoms with Crippen LogP contribution in [0.25, 0.3) is 5.57 Å². The van der Waals surface area contributed by atoms with Crippen LogP contribution in [-0.4, -0.2) is 0 Å². The predicted molar refractivity (Wildman–Crippen MR) is 138 cm³/mol. The van der Waals surface area contributed by atoms with Gasteiger partial charge in [0.2, 0.25) is 0 Å². The predicted octanol–water partition coefficient (Wildman–Crippen LogP) is 8.48. The van der Waals surface area contributed by atoms with E-state index >= 15 is 0 Å². The molecule has 1 aromatic carbocycles. The Hall–Kier alpha value is -2.63. The van der Waals surface area contributed by atoms with Crippen LogP contribution in [0.1, 0.15) is 74.3 Å². The summed E-state index contributed by atoms with van der Waals surface area (Å²) in [7, 11) is 0. The van der Waals surface area contributed by atoms with E-state index in [0.29, 0.717) is 5.92 Å². The van der Waals surface area contributed by atoms with Crippen molar-refractivity contribution in [3.8, 4) is 6.07 Å². The minimum Gasteiger partial charge on any atom is -0.197 e. The Kier molecular flexibility index (Phi) is 5.91. The number of nitriles is 1. The summed E-state index contributed by atoms with van der Waals surface area (Å²) in [4.78, 5) is 2.68. The largest absolute Gasteiger partial charge is 0.197 e. The monoisotopic (exact) mass is 439 g/mol. The fraction of sp³-hybridized carbons (Fsp3) is 0.367. The second-order valence-electron chi connectivity index (χ2n) is 10.1. The third kappa shape index (κ3) is 3.96. The van der Waals surface area contributed by atoms with Gasteiger partial charge in [-0.05, 0) is 73.1 Å². The summed E-state index contributed by atoms with van der Waals surface area (Å²) in [5.41, 5.74) is 6.21. The normalized spacial score (nSPS) is 20.3. The summed E-state index contributed by atoms with van der Waals surface area (Å²) >= 11 is 1.89. The molecule has 1 saturated carbocycles. The number of benzene rings is 1. The van der Waals surface area contributed by atoms with E-state index in [1.807, 2.05) is 11.3 Å². The standard InChI is InChI=1S/C30H33NS/c1-7-26(22-10-12-24(13-11-22)30(19-31)16-17-30)29(5,6)28-15-14-27(32-28)23-9-8-21(4)25(18-23)20(2)3/h7-15,18,21,26H,1,16-17H2,2-6H3/t21?,26-/m1/s1. The maximum absolute atomic E-state index is 9.51. The molecule has 0 spiro atoms. The highest BCUT2D eigenvalue weighted by Crippen LogP contribution is 2.49. The highest BCUT2D eigenvalue weighted by atomic mass is 32.1. The summed E-state index contributed by atoms with van der Waals surface area (Å²) in [5, 5.41) is 9.51. The van der Waals surface area contributed by atoms with Crippen LogP contribution in [0.3, 0.4) is 0 Å². The van der Waals surface area contributed by atoms with Crippen LogP contribution in [0.5, 0.6) is 0 Å². The van der Waals surface area contributed by atoms with Gasteiger partial charge in [0.25, 0.3) is 0 Å². The average Bonchev–Trinajstić information content (AvgIpc) is 3.41. The number of hydrogen-bond donors (Lipinski definition) is 0. The zero-order valence-electron chi connectivity index (χ0n) is 19.9. The minimum absolute atomic E-state index is 0.0791. The van der Waals surface area contributed by atoms with E-state index in [-0.39, 0.29) is 16.7 Å². The first-order valence-corrected chi connectivity index (χ1v) is 12.4. The molecule has 0 amide bonds. The fourth-order valence-electron chi connectivity index (χ4n) is 4.89.